The van der Waals surface area contributed by atoms with E-state index in [4.69, 9.17) is 11.6 Å². The summed E-state index contributed by atoms with van der Waals surface area (Å²) in [4.78, 5) is 22.6. The molecule has 0 saturated carbocycles. The molecule has 0 bridgehead atoms. The number of esters is 1. The summed E-state index contributed by atoms with van der Waals surface area (Å²) in [6.07, 6.45) is 0. The van der Waals surface area contributed by atoms with Crippen LogP contribution in [0.5, 0.6) is 0 Å². The van der Waals surface area contributed by atoms with Crippen molar-refractivity contribution in [1.82, 2.24) is 0 Å². The third-order valence-corrected chi connectivity index (χ3v) is 2.95. The van der Waals surface area contributed by atoms with E-state index in [1.54, 1.807) is 18.2 Å². The Hall–Kier alpha value is -0.820. The van der Waals surface area contributed by atoms with E-state index in [0.29, 0.717) is 11.3 Å². The molecule has 0 unspecified atom stereocenters. The fraction of sp³-hybridized carbons (Fsp3) is 0.200. The van der Waals surface area contributed by atoms with Gasteiger partial charge in [-0.2, -0.15) is 0 Å². The Bertz CT molecular complexity index is 423. The van der Waals surface area contributed by atoms with Crippen LogP contribution in [-0.4, -0.2) is 24.9 Å². The van der Waals surface area contributed by atoms with Crippen LogP contribution >= 0.6 is 34.2 Å². The van der Waals surface area contributed by atoms with E-state index in [9.17, 15) is 9.59 Å². The molecule has 0 atom stereocenters. The second-order valence-corrected chi connectivity index (χ2v) is 4.27. The van der Waals surface area contributed by atoms with Crippen LogP contribution in [0.2, 0.25) is 0 Å². The average Bonchev–Trinajstić information content (AvgIpc) is 2.30. The number of nitrogens with one attached hydrogen (secondary N) is 1. The number of alkyl halides is 1. The summed E-state index contributed by atoms with van der Waals surface area (Å²) in [6.45, 7) is 0. The Labute approximate surface area is 111 Å². The van der Waals surface area contributed by atoms with Crippen LogP contribution in [0.1, 0.15) is 10.4 Å². The molecular weight excluding hydrogens is 344 g/mol. The molecular formula is C10H9ClINO3. The SMILES string of the molecule is COC(=O)c1cccc(I)c1NC(=O)CCl. The maximum absolute atomic E-state index is 11.4. The summed E-state index contributed by atoms with van der Waals surface area (Å²) in [5.41, 5.74) is 0.744. The van der Waals surface area contributed by atoms with Gasteiger partial charge in [-0.1, -0.05) is 6.07 Å². The number of halogens is 2. The summed E-state index contributed by atoms with van der Waals surface area (Å²) in [6, 6.07) is 5.07. The first-order valence-electron chi connectivity index (χ1n) is 4.32. The van der Waals surface area contributed by atoms with Crippen molar-refractivity contribution in [3.8, 4) is 0 Å². The van der Waals surface area contributed by atoms with E-state index < -0.39 is 5.97 Å². The van der Waals surface area contributed by atoms with Gasteiger partial charge < -0.3 is 10.1 Å². The zero-order chi connectivity index (χ0) is 12.1. The van der Waals surface area contributed by atoms with Crippen LogP contribution in [0.4, 0.5) is 5.69 Å². The van der Waals surface area contributed by atoms with E-state index in [1.165, 1.54) is 7.11 Å². The van der Waals surface area contributed by atoms with Gasteiger partial charge in [0.05, 0.1) is 18.4 Å². The first-order valence-corrected chi connectivity index (χ1v) is 5.94. The number of hydrogen-bond acceptors (Lipinski definition) is 3. The zero-order valence-electron chi connectivity index (χ0n) is 8.42. The van der Waals surface area contributed by atoms with Crippen LogP contribution in [-0.2, 0) is 9.53 Å². The molecule has 0 spiro atoms. The minimum Gasteiger partial charge on any atom is -0.465 e. The summed E-state index contributed by atoms with van der Waals surface area (Å²) in [7, 11) is 1.29. The summed E-state index contributed by atoms with van der Waals surface area (Å²) in [5, 5.41) is 2.56. The third-order valence-electron chi connectivity index (χ3n) is 1.80. The topological polar surface area (TPSA) is 55.4 Å². The van der Waals surface area contributed by atoms with Crippen molar-refractivity contribution in [3.63, 3.8) is 0 Å². The maximum atomic E-state index is 11.4. The van der Waals surface area contributed by atoms with Gasteiger partial charge in [-0.25, -0.2) is 4.79 Å². The average molecular weight is 354 g/mol. The maximum Gasteiger partial charge on any atom is 0.340 e. The highest BCUT2D eigenvalue weighted by molar-refractivity contribution is 14.1. The lowest BCUT2D eigenvalue weighted by Gasteiger charge is -2.10. The molecule has 1 N–H and O–H groups in total. The zero-order valence-corrected chi connectivity index (χ0v) is 11.3. The number of anilines is 1. The van der Waals surface area contributed by atoms with E-state index in [1.807, 2.05) is 22.6 Å². The van der Waals surface area contributed by atoms with Crippen LogP contribution in [0, 0.1) is 3.57 Å². The normalized spacial score (nSPS) is 9.69. The number of benzene rings is 1. The van der Waals surface area contributed by atoms with Gasteiger partial charge in [0.15, 0.2) is 0 Å². The molecule has 16 heavy (non-hydrogen) atoms. The highest BCUT2D eigenvalue weighted by atomic mass is 127. The van der Waals surface area contributed by atoms with Gasteiger partial charge in [0.2, 0.25) is 5.91 Å². The predicted molar refractivity (Wildman–Crippen MR) is 69.8 cm³/mol. The fourth-order valence-corrected chi connectivity index (χ4v) is 1.80. The summed E-state index contributed by atoms with van der Waals surface area (Å²) < 4.78 is 5.37. The lowest BCUT2D eigenvalue weighted by Crippen LogP contribution is -2.17. The van der Waals surface area contributed by atoms with Crippen LogP contribution in [0.15, 0.2) is 18.2 Å². The number of amides is 1. The molecule has 0 aliphatic heterocycles. The van der Waals surface area contributed by atoms with Crippen molar-refractivity contribution >= 4 is 51.8 Å². The van der Waals surface area contributed by atoms with Gasteiger partial charge >= 0.3 is 5.97 Å². The molecule has 0 fully saturated rings. The molecule has 0 aromatic heterocycles. The van der Waals surface area contributed by atoms with Gasteiger partial charge in [0.1, 0.15) is 5.88 Å². The lowest BCUT2D eigenvalue weighted by atomic mass is 10.2. The molecule has 0 radical (unpaired) electrons. The summed E-state index contributed by atoms with van der Waals surface area (Å²) >= 11 is 7.41. The van der Waals surface area contributed by atoms with Crippen LogP contribution < -0.4 is 5.32 Å². The Morgan fingerprint density at radius 3 is 2.75 bits per heavy atom. The molecule has 0 aliphatic carbocycles. The third kappa shape index (κ3) is 3.08. The molecule has 0 saturated heterocycles. The minimum absolute atomic E-state index is 0.161. The van der Waals surface area contributed by atoms with Crippen molar-refractivity contribution in [2.24, 2.45) is 0 Å². The first kappa shape index (κ1) is 13.2. The van der Waals surface area contributed by atoms with Crippen molar-refractivity contribution in [2.75, 3.05) is 18.3 Å². The number of hydrogen-bond donors (Lipinski definition) is 1. The standard InChI is InChI=1S/C10H9ClINO3/c1-16-10(15)6-3-2-4-7(12)9(6)13-8(14)5-11/h2-4H,5H2,1H3,(H,13,14). The smallest absolute Gasteiger partial charge is 0.340 e. The van der Waals surface area contributed by atoms with E-state index in [-0.39, 0.29) is 11.8 Å². The Balaban J connectivity index is 3.13. The molecule has 1 aromatic rings. The van der Waals surface area contributed by atoms with Crippen molar-refractivity contribution < 1.29 is 14.3 Å². The first-order chi connectivity index (χ1) is 7.60. The number of carbonyl (C=O) groups excluding carboxylic acids is 2. The van der Waals surface area contributed by atoms with Crippen LogP contribution in [0.25, 0.3) is 0 Å². The Morgan fingerprint density at radius 2 is 2.19 bits per heavy atom. The number of carbonyl (C=O) groups is 2. The number of rotatable bonds is 3. The molecule has 1 amide bonds. The molecule has 4 nitrogen and oxygen atoms in total. The van der Waals surface area contributed by atoms with E-state index in [0.717, 1.165) is 3.57 Å². The second kappa shape index (κ2) is 6.05. The Morgan fingerprint density at radius 1 is 1.50 bits per heavy atom. The van der Waals surface area contributed by atoms with Gasteiger partial charge in [-0.05, 0) is 34.7 Å². The lowest BCUT2D eigenvalue weighted by molar-refractivity contribution is -0.113. The molecule has 1 aromatic carbocycles. The van der Waals surface area contributed by atoms with Gasteiger partial charge in [0, 0.05) is 3.57 Å². The van der Waals surface area contributed by atoms with Crippen LogP contribution in [0.3, 0.4) is 0 Å². The highest BCUT2D eigenvalue weighted by Gasteiger charge is 2.15. The monoisotopic (exact) mass is 353 g/mol. The van der Waals surface area contributed by atoms with Crippen molar-refractivity contribution in [1.29, 1.82) is 0 Å². The number of para-hydroxylation sites is 1. The molecule has 0 heterocycles. The van der Waals surface area contributed by atoms with Crippen molar-refractivity contribution in [2.45, 2.75) is 0 Å². The van der Waals surface area contributed by atoms with Gasteiger partial charge in [-0.15, -0.1) is 11.6 Å². The molecule has 1 rings (SSSR count). The van der Waals surface area contributed by atoms with E-state index >= 15 is 0 Å². The Kier molecular flexibility index (Phi) is 5.01. The second-order valence-electron chi connectivity index (χ2n) is 2.84. The quantitative estimate of drug-likeness (QED) is 0.515. The molecule has 6 heteroatoms. The van der Waals surface area contributed by atoms with Gasteiger partial charge in [-0.3, -0.25) is 4.79 Å². The highest BCUT2D eigenvalue weighted by Crippen LogP contribution is 2.23. The molecule has 0 aliphatic rings. The summed E-state index contributed by atoms with van der Waals surface area (Å²) in [5.74, 6) is -1.02. The van der Waals surface area contributed by atoms with Gasteiger partial charge in [0.25, 0.3) is 0 Å². The predicted octanol–water partition coefficient (Wildman–Crippen LogP) is 2.26. The number of methoxy groups -OCH3 is 1. The molecule has 86 valence electrons. The minimum atomic E-state index is -0.497. The largest absolute Gasteiger partial charge is 0.465 e. The fourth-order valence-electron chi connectivity index (χ4n) is 1.10. The van der Waals surface area contributed by atoms with E-state index in [2.05, 4.69) is 10.1 Å². The number of ether oxygens (including phenoxy) is 1. The van der Waals surface area contributed by atoms with Crippen molar-refractivity contribution in [3.05, 3.63) is 27.3 Å².